The highest BCUT2D eigenvalue weighted by atomic mass is 16.6. The highest BCUT2D eigenvalue weighted by Gasteiger charge is 2.30. The molecule has 8 heteroatoms. The fourth-order valence-corrected chi connectivity index (χ4v) is 2.55. The molecule has 1 rings (SSSR count). The van der Waals surface area contributed by atoms with Gasteiger partial charge in [-0.1, -0.05) is 0 Å². The van der Waals surface area contributed by atoms with Crippen LogP contribution in [0.15, 0.2) is 0 Å². The quantitative estimate of drug-likeness (QED) is 0.511. The first-order valence-corrected chi connectivity index (χ1v) is 7.55. The van der Waals surface area contributed by atoms with Gasteiger partial charge >= 0.3 is 17.9 Å². The Morgan fingerprint density at radius 3 is 2.22 bits per heavy atom. The number of hydrogen-bond acceptors (Lipinski definition) is 8. The second kappa shape index (κ2) is 9.46. The van der Waals surface area contributed by atoms with E-state index in [2.05, 4.69) is 4.74 Å². The molecule has 1 heterocycles. The van der Waals surface area contributed by atoms with Crippen LogP contribution in [0, 0.1) is 0 Å². The molecule has 4 unspecified atom stereocenters. The molecule has 1 aliphatic heterocycles. The summed E-state index contributed by atoms with van der Waals surface area (Å²) in [6, 6.07) is 0. The fourth-order valence-electron chi connectivity index (χ4n) is 2.55. The van der Waals surface area contributed by atoms with E-state index in [1.165, 1.54) is 21.0 Å². The van der Waals surface area contributed by atoms with E-state index in [4.69, 9.17) is 14.2 Å². The van der Waals surface area contributed by atoms with Gasteiger partial charge in [-0.3, -0.25) is 14.4 Å². The maximum absolute atomic E-state index is 11.4. The Bertz CT molecular complexity index is 422. The molecule has 8 nitrogen and oxygen atoms in total. The van der Waals surface area contributed by atoms with Crippen LogP contribution in [-0.4, -0.2) is 54.7 Å². The number of aliphatic hydroxyl groups is 1. The Morgan fingerprint density at radius 1 is 1.13 bits per heavy atom. The van der Waals surface area contributed by atoms with E-state index in [1.54, 1.807) is 0 Å². The summed E-state index contributed by atoms with van der Waals surface area (Å²) >= 11 is 0. The van der Waals surface area contributed by atoms with Crippen LogP contribution in [-0.2, 0) is 33.3 Å². The van der Waals surface area contributed by atoms with Crippen LogP contribution in [0.25, 0.3) is 0 Å². The first-order valence-electron chi connectivity index (χ1n) is 7.55. The highest BCUT2D eigenvalue weighted by Crippen LogP contribution is 2.25. The average Bonchev–Trinajstić information content (AvgIpc) is 2.82. The normalized spacial score (nSPS) is 23.0. The molecule has 0 spiro atoms. The molecule has 0 aromatic carbocycles. The van der Waals surface area contributed by atoms with Crippen molar-refractivity contribution in [3.05, 3.63) is 0 Å². The maximum Gasteiger partial charge on any atom is 0.309 e. The fraction of sp³-hybridized carbons (Fsp3) is 0.800. The van der Waals surface area contributed by atoms with Gasteiger partial charge < -0.3 is 24.1 Å². The Labute approximate surface area is 135 Å². The average molecular weight is 332 g/mol. The molecule has 4 atom stereocenters. The zero-order chi connectivity index (χ0) is 17.4. The van der Waals surface area contributed by atoms with Crippen LogP contribution in [0.4, 0.5) is 0 Å². The van der Waals surface area contributed by atoms with E-state index < -0.39 is 36.4 Å². The van der Waals surface area contributed by atoms with Crippen LogP contribution in [0.1, 0.15) is 46.0 Å². The lowest BCUT2D eigenvalue weighted by Gasteiger charge is -2.24. The predicted molar refractivity (Wildman–Crippen MR) is 77.1 cm³/mol. The summed E-state index contributed by atoms with van der Waals surface area (Å²) in [6.45, 7) is 2.51. The molecule has 0 amide bonds. The van der Waals surface area contributed by atoms with Crippen LogP contribution in [0.5, 0.6) is 0 Å². The van der Waals surface area contributed by atoms with Crippen molar-refractivity contribution >= 4 is 17.9 Å². The molecule has 1 fully saturated rings. The Balaban J connectivity index is 2.67. The lowest BCUT2D eigenvalue weighted by Crippen LogP contribution is -2.31. The van der Waals surface area contributed by atoms with Crippen molar-refractivity contribution < 1.29 is 38.4 Å². The van der Waals surface area contributed by atoms with Crippen molar-refractivity contribution in [3.8, 4) is 0 Å². The molecule has 0 radical (unpaired) electrons. The van der Waals surface area contributed by atoms with Crippen molar-refractivity contribution in [2.75, 3.05) is 7.11 Å². The van der Waals surface area contributed by atoms with E-state index in [9.17, 15) is 19.5 Å². The summed E-state index contributed by atoms with van der Waals surface area (Å²) in [5.74, 6) is -1.54. The summed E-state index contributed by atoms with van der Waals surface area (Å²) < 4.78 is 20.2. The topological polar surface area (TPSA) is 108 Å². The van der Waals surface area contributed by atoms with Gasteiger partial charge in [0.2, 0.25) is 0 Å². The van der Waals surface area contributed by atoms with E-state index in [-0.39, 0.29) is 18.9 Å². The van der Waals surface area contributed by atoms with Gasteiger partial charge in [0, 0.05) is 33.1 Å². The summed E-state index contributed by atoms with van der Waals surface area (Å²) in [6.07, 6.45) is -0.835. The lowest BCUT2D eigenvalue weighted by atomic mass is 10.0. The Morgan fingerprint density at radius 2 is 1.74 bits per heavy atom. The van der Waals surface area contributed by atoms with E-state index in [0.717, 1.165) is 0 Å². The smallest absolute Gasteiger partial charge is 0.309 e. The number of carbonyl (C=O) groups excluding carboxylic acids is 3. The second-order valence-electron chi connectivity index (χ2n) is 5.50. The SMILES string of the molecule is COC(=O)CC(CC(CC1CCC(O)O1)OC(C)=O)OC(C)=O. The molecule has 0 aromatic rings. The highest BCUT2D eigenvalue weighted by molar-refractivity contribution is 5.71. The molecule has 0 saturated carbocycles. The number of rotatable bonds is 8. The molecular formula is C15H24O8. The van der Waals surface area contributed by atoms with Gasteiger partial charge in [-0.05, 0) is 6.42 Å². The van der Waals surface area contributed by atoms with Gasteiger partial charge in [-0.15, -0.1) is 0 Å². The zero-order valence-corrected chi connectivity index (χ0v) is 13.6. The maximum atomic E-state index is 11.4. The van der Waals surface area contributed by atoms with E-state index in [0.29, 0.717) is 19.3 Å². The molecule has 1 N–H and O–H groups in total. The standard InChI is InChI=1S/C15H24O8/c1-9(16)21-12(6-11-4-5-14(18)23-11)7-13(22-10(2)17)8-15(19)20-3/h11-14,18H,4-8H2,1-3H3. The summed E-state index contributed by atoms with van der Waals surface area (Å²) in [7, 11) is 1.24. The van der Waals surface area contributed by atoms with Crippen molar-refractivity contribution in [3.63, 3.8) is 0 Å². The second-order valence-corrected chi connectivity index (χ2v) is 5.50. The van der Waals surface area contributed by atoms with Crippen LogP contribution in [0.3, 0.4) is 0 Å². The number of hydrogen-bond donors (Lipinski definition) is 1. The first kappa shape index (κ1) is 19.4. The summed E-state index contributed by atoms with van der Waals surface area (Å²) in [5, 5.41) is 9.39. The molecule has 1 aliphatic rings. The van der Waals surface area contributed by atoms with Crippen molar-refractivity contribution in [2.45, 2.75) is 70.6 Å². The minimum absolute atomic E-state index is 0.123. The largest absolute Gasteiger partial charge is 0.469 e. The lowest BCUT2D eigenvalue weighted by molar-refractivity contribution is -0.158. The molecule has 23 heavy (non-hydrogen) atoms. The van der Waals surface area contributed by atoms with Crippen LogP contribution in [0.2, 0.25) is 0 Å². The third-order valence-electron chi connectivity index (χ3n) is 3.42. The number of methoxy groups -OCH3 is 1. The van der Waals surface area contributed by atoms with Gasteiger partial charge in [0.25, 0.3) is 0 Å². The zero-order valence-electron chi connectivity index (χ0n) is 13.6. The van der Waals surface area contributed by atoms with Gasteiger partial charge in [-0.2, -0.15) is 0 Å². The molecule has 0 aromatic heterocycles. The minimum Gasteiger partial charge on any atom is -0.469 e. The van der Waals surface area contributed by atoms with Gasteiger partial charge in [0.1, 0.15) is 12.2 Å². The number of ether oxygens (including phenoxy) is 4. The predicted octanol–water partition coefficient (Wildman–Crippen LogP) is 0.690. The molecule has 0 aliphatic carbocycles. The number of esters is 3. The monoisotopic (exact) mass is 332 g/mol. The van der Waals surface area contributed by atoms with Crippen molar-refractivity contribution in [1.82, 2.24) is 0 Å². The molecule has 0 bridgehead atoms. The molecule has 1 saturated heterocycles. The Kier molecular flexibility index (Phi) is 7.97. The van der Waals surface area contributed by atoms with Crippen molar-refractivity contribution in [1.29, 1.82) is 0 Å². The van der Waals surface area contributed by atoms with Gasteiger partial charge in [0.05, 0.1) is 19.6 Å². The van der Waals surface area contributed by atoms with Crippen LogP contribution >= 0.6 is 0 Å². The molecular weight excluding hydrogens is 308 g/mol. The third-order valence-corrected chi connectivity index (χ3v) is 3.42. The third kappa shape index (κ3) is 7.94. The van der Waals surface area contributed by atoms with E-state index in [1.807, 2.05) is 0 Å². The van der Waals surface area contributed by atoms with E-state index >= 15 is 0 Å². The molecule has 132 valence electrons. The van der Waals surface area contributed by atoms with Crippen LogP contribution < -0.4 is 0 Å². The van der Waals surface area contributed by atoms with Crippen molar-refractivity contribution in [2.24, 2.45) is 0 Å². The van der Waals surface area contributed by atoms with Gasteiger partial charge in [-0.25, -0.2) is 0 Å². The number of carbonyl (C=O) groups is 3. The summed E-state index contributed by atoms with van der Waals surface area (Å²) in [4.78, 5) is 33.9. The first-order chi connectivity index (χ1) is 10.8. The Hall–Kier alpha value is -1.67. The summed E-state index contributed by atoms with van der Waals surface area (Å²) in [5.41, 5.74) is 0. The minimum atomic E-state index is -0.808. The van der Waals surface area contributed by atoms with Gasteiger partial charge in [0.15, 0.2) is 6.29 Å². The number of aliphatic hydroxyl groups excluding tert-OH is 1.